The van der Waals surface area contributed by atoms with Crippen LogP contribution in [-0.4, -0.2) is 30.2 Å². The zero-order chi connectivity index (χ0) is 19.5. The van der Waals surface area contributed by atoms with Crippen LogP contribution >= 0.6 is 22.9 Å². The molecule has 5 nitrogen and oxygen atoms in total. The van der Waals surface area contributed by atoms with E-state index < -0.39 is 0 Å². The van der Waals surface area contributed by atoms with Gasteiger partial charge in [-0.15, -0.1) is 11.3 Å². The van der Waals surface area contributed by atoms with Gasteiger partial charge in [-0.1, -0.05) is 23.7 Å². The molecule has 0 radical (unpaired) electrons. The first kappa shape index (κ1) is 18.7. The van der Waals surface area contributed by atoms with Crippen molar-refractivity contribution >= 4 is 28.8 Å². The third-order valence-corrected chi connectivity index (χ3v) is 6.32. The van der Waals surface area contributed by atoms with Gasteiger partial charge in [-0.05, 0) is 37.1 Å². The second-order valence-corrected chi connectivity index (χ2v) is 7.94. The van der Waals surface area contributed by atoms with Gasteiger partial charge in [-0.25, -0.2) is 9.97 Å². The van der Waals surface area contributed by atoms with Crippen molar-refractivity contribution in [1.29, 1.82) is 5.26 Å². The second kappa shape index (κ2) is 8.17. The molecule has 0 aliphatic carbocycles. The number of benzene rings is 1. The Morgan fingerprint density at radius 2 is 1.96 bits per heavy atom. The highest BCUT2D eigenvalue weighted by Crippen LogP contribution is 2.36. The highest BCUT2D eigenvalue weighted by molar-refractivity contribution is 7.10. The van der Waals surface area contributed by atoms with E-state index in [1.165, 1.54) is 5.01 Å². The number of methoxy groups -OCH3 is 1. The number of aromatic nitrogens is 2. The van der Waals surface area contributed by atoms with E-state index in [0.717, 1.165) is 48.8 Å². The van der Waals surface area contributed by atoms with Crippen molar-refractivity contribution in [2.24, 2.45) is 0 Å². The number of nitriles is 1. The maximum Gasteiger partial charge on any atom is 0.161 e. The Kier molecular flexibility index (Phi) is 5.47. The third-order valence-electron chi connectivity index (χ3n) is 5.01. The van der Waals surface area contributed by atoms with Gasteiger partial charge in [-0.3, -0.25) is 0 Å². The van der Waals surface area contributed by atoms with Gasteiger partial charge in [0.05, 0.1) is 22.8 Å². The minimum Gasteiger partial charge on any atom is -0.496 e. The van der Waals surface area contributed by atoms with Gasteiger partial charge >= 0.3 is 0 Å². The number of rotatable bonds is 4. The lowest BCUT2D eigenvalue weighted by atomic mass is 9.97. The van der Waals surface area contributed by atoms with E-state index in [2.05, 4.69) is 15.3 Å². The Morgan fingerprint density at radius 1 is 1.18 bits per heavy atom. The average molecular weight is 411 g/mol. The first-order valence-corrected chi connectivity index (χ1v) is 10.4. The Hall–Kier alpha value is -2.62. The molecule has 0 bridgehead atoms. The van der Waals surface area contributed by atoms with Gasteiger partial charge in [0, 0.05) is 30.0 Å². The van der Waals surface area contributed by atoms with E-state index in [-0.39, 0.29) is 5.69 Å². The summed E-state index contributed by atoms with van der Waals surface area (Å²) in [5, 5.41) is 12.8. The van der Waals surface area contributed by atoms with Crippen molar-refractivity contribution in [3.63, 3.8) is 0 Å². The summed E-state index contributed by atoms with van der Waals surface area (Å²) in [4.78, 5) is 11.5. The Bertz CT molecular complexity index is 1020. The molecule has 1 aliphatic rings. The van der Waals surface area contributed by atoms with Crippen LogP contribution in [-0.2, 0) is 0 Å². The lowest BCUT2D eigenvalue weighted by molar-refractivity contribution is 0.416. The highest BCUT2D eigenvalue weighted by Gasteiger charge is 2.24. The summed E-state index contributed by atoms with van der Waals surface area (Å²) in [7, 11) is 1.68. The van der Waals surface area contributed by atoms with Crippen LogP contribution in [0.25, 0.3) is 11.3 Å². The first-order chi connectivity index (χ1) is 13.7. The van der Waals surface area contributed by atoms with E-state index in [0.29, 0.717) is 10.9 Å². The molecule has 0 saturated carbocycles. The van der Waals surface area contributed by atoms with E-state index in [4.69, 9.17) is 26.6 Å². The molecule has 1 aromatic carbocycles. The number of hydrogen-bond acceptors (Lipinski definition) is 6. The molecule has 3 aromatic rings. The normalized spacial score (nSPS) is 14.7. The van der Waals surface area contributed by atoms with Crippen molar-refractivity contribution in [2.45, 2.75) is 18.8 Å². The number of nitrogens with zero attached hydrogens (tertiary/aromatic N) is 4. The molecule has 1 fully saturated rings. The number of para-hydroxylation sites is 1. The van der Waals surface area contributed by atoms with Crippen LogP contribution in [0.3, 0.4) is 0 Å². The van der Waals surface area contributed by atoms with Crippen LogP contribution in [0, 0.1) is 11.3 Å². The van der Waals surface area contributed by atoms with Crippen molar-refractivity contribution in [3.05, 3.63) is 57.5 Å². The molecule has 1 aliphatic heterocycles. The molecule has 0 spiro atoms. The molecular formula is C21H19ClN4OS. The largest absolute Gasteiger partial charge is 0.496 e. The van der Waals surface area contributed by atoms with Crippen molar-refractivity contribution in [2.75, 3.05) is 25.1 Å². The maximum absolute atomic E-state index is 9.13. The number of thiazole rings is 1. The van der Waals surface area contributed by atoms with Crippen LogP contribution in [0.1, 0.15) is 29.5 Å². The minimum absolute atomic E-state index is 0.280. The number of halogens is 1. The van der Waals surface area contributed by atoms with Crippen LogP contribution < -0.4 is 9.64 Å². The summed E-state index contributed by atoms with van der Waals surface area (Å²) in [5.41, 5.74) is 2.28. The Morgan fingerprint density at radius 3 is 2.71 bits per heavy atom. The van der Waals surface area contributed by atoms with E-state index in [1.807, 2.05) is 36.4 Å². The van der Waals surface area contributed by atoms with Gasteiger partial charge in [0.15, 0.2) is 5.69 Å². The summed E-state index contributed by atoms with van der Waals surface area (Å²) in [6.45, 7) is 1.77. The maximum atomic E-state index is 9.13. The smallest absolute Gasteiger partial charge is 0.161 e. The second-order valence-electron chi connectivity index (χ2n) is 6.64. The predicted molar refractivity (Wildman–Crippen MR) is 112 cm³/mol. The molecule has 0 amide bonds. The van der Waals surface area contributed by atoms with Crippen LogP contribution in [0.5, 0.6) is 5.75 Å². The molecule has 0 atom stereocenters. The number of pyridine rings is 1. The first-order valence-electron chi connectivity index (χ1n) is 9.10. The van der Waals surface area contributed by atoms with Gasteiger partial charge in [0.2, 0.25) is 0 Å². The highest BCUT2D eigenvalue weighted by atomic mass is 35.5. The van der Waals surface area contributed by atoms with Gasteiger partial charge < -0.3 is 9.64 Å². The average Bonchev–Trinajstić information content (AvgIpc) is 3.24. The van der Waals surface area contributed by atoms with E-state index in [9.17, 15) is 0 Å². The number of anilines is 1. The molecular weight excluding hydrogens is 392 g/mol. The molecule has 1 saturated heterocycles. The summed E-state index contributed by atoms with van der Waals surface area (Å²) in [5.74, 6) is 2.09. The fourth-order valence-corrected chi connectivity index (χ4v) is 4.64. The third kappa shape index (κ3) is 3.68. The van der Waals surface area contributed by atoms with Gasteiger partial charge in [-0.2, -0.15) is 5.26 Å². The topological polar surface area (TPSA) is 62.0 Å². The molecule has 142 valence electrons. The quantitative estimate of drug-likeness (QED) is 0.597. The Labute approximate surface area is 173 Å². The molecule has 3 heterocycles. The van der Waals surface area contributed by atoms with Gasteiger partial charge in [0.1, 0.15) is 17.6 Å². The lowest BCUT2D eigenvalue weighted by Crippen LogP contribution is -2.33. The van der Waals surface area contributed by atoms with Crippen LogP contribution in [0.2, 0.25) is 5.02 Å². The molecule has 4 rings (SSSR count). The van der Waals surface area contributed by atoms with Crippen LogP contribution in [0.15, 0.2) is 41.8 Å². The van der Waals surface area contributed by atoms with Crippen molar-refractivity contribution < 1.29 is 4.74 Å². The Balaban J connectivity index is 1.46. The number of piperidine rings is 1. The fourth-order valence-electron chi connectivity index (χ4n) is 3.50. The standard InChI is InChI=1S/C21H19ClN4OS/c1-27-19-5-3-2-4-15(19)18-13-28-21(25-18)14-8-10-26(11-9-14)20-7-6-16(22)17(12-23)24-20/h2-7,13-14H,8-11H2,1H3. The zero-order valence-electron chi connectivity index (χ0n) is 15.4. The fraction of sp³-hybridized carbons (Fsp3) is 0.286. The SMILES string of the molecule is COc1ccccc1-c1csc(C2CCN(c3ccc(Cl)c(C#N)n3)CC2)n1. The molecule has 7 heteroatoms. The van der Waals surface area contributed by atoms with Crippen molar-refractivity contribution in [1.82, 2.24) is 9.97 Å². The lowest BCUT2D eigenvalue weighted by Gasteiger charge is -2.32. The summed E-state index contributed by atoms with van der Waals surface area (Å²) in [6, 6.07) is 13.6. The van der Waals surface area contributed by atoms with E-state index >= 15 is 0 Å². The predicted octanol–water partition coefficient (Wildman–Crippen LogP) is 5.12. The molecule has 2 aromatic heterocycles. The molecule has 0 unspecified atom stereocenters. The summed E-state index contributed by atoms with van der Waals surface area (Å²) < 4.78 is 5.46. The zero-order valence-corrected chi connectivity index (χ0v) is 17.0. The van der Waals surface area contributed by atoms with Crippen molar-refractivity contribution in [3.8, 4) is 23.1 Å². The monoisotopic (exact) mass is 410 g/mol. The summed E-state index contributed by atoms with van der Waals surface area (Å²) in [6.07, 6.45) is 2.01. The minimum atomic E-state index is 0.280. The van der Waals surface area contributed by atoms with E-state index in [1.54, 1.807) is 24.5 Å². The van der Waals surface area contributed by atoms with Crippen LogP contribution in [0.4, 0.5) is 5.82 Å². The number of hydrogen-bond donors (Lipinski definition) is 0. The van der Waals surface area contributed by atoms with Gasteiger partial charge in [0.25, 0.3) is 0 Å². The molecule has 0 N–H and O–H groups in total. The molecule has 28 heavy (non-hydrogen) atoms. The summed E-state index contributed by atoms with van der Waals surface area (Å²) >= 11 is 7.71. The number of ether oxygens (including phenoxy) is 1.